The van der Waals surface area contributed by atoms with Gasteiger partial charge in [0.15, 0.2) is 0 Å². The molecular weight excluding hydrogens is 345 g/mol. The lowest BCUT2D eigenvalue weighted by Crippen LogP contribution is -2.74. The molecule has 12 heteroatoms. The number of carbonyl (C=O) groups is 1. The Hall–Kier alpha value is -1.40. The van der Waals surface area contributed by atoms with Crippen molar-refractivity contribution in [2.75, 3.05) is 20.5 Å². The minimum Gasteiger partial charge on any atom is -0.446 e. The summed E-state index contributed by atoms with van der Waals surface area (Å²) in [6.07, 6.45) is -9.48. The Morgan fingerprint density at radius 1 is 1.35 bits per heavy atom. The van der Waals surface area contributed by atoms with Gasteiger partial charge in [0.25, 0.3) is 0 Å². The van der Waals surface area contributed by atoms with Gasteiger partial charge in [0.05, 0.1) is 0 Å². The molecule has 0 saturated carbocycles. The average molecular weight is 356 g/mol. The van der Waals surface area contributed by atoms with Gasteiger partial charge in [-0.05, 0) is 0 Å². The van der Waals surface area contributed by atoms with Gasteiger partial charge in [-0.3, -0.25) is 0 Å². The van der Waals surface area contributed by atoms with Gasteiger partial charge in [0.2, 0.25) is 6.10 Å². The summed E-state index contributed by atoms with van der Waals surface area (Å²) < 4.78 is 110. The van der Waals surface area contributed by atoms with Crippen LogP contribution in [0.1, 0.15) is 0 Å². The molecule has 1 heterocycles. The number of carbonyl (C=O) groups excluding carboxylic acids is 1. The van der Waals surface area contributed by atoms with E-state index in [0.717, 1.165) is 7.11 Å². The van der Waals surface area contributed by atoms with E-state index in [-0.39, 0.29) is 6.08 Å². The van der Waals surface area contributed by atoms with E-state index >= 15 is 0 Å². The van der Waals surface area contributed by atoms with Crippen molar-refractivity contribution in [3.05, 3.63) is 12.7 Å². The predicted molar refractivity (Wildman–Crippen MR) is 57.7 cm³/mol. The van der Waals surface area contributed by atoms with Crippen molar-refractivity contribution >= 4 is 5.97 Å². The third kappa shape index (κ3) is 3.28. The molecule has 2 unspecified atom stereocenters. The van der Waals surface area contributed by atoms with Gasteiger partial charge in [-0.25, -0.2) is 4.79 Å². The Morgan fingerprint density at radius 2 is 1.91 bits per heavy atom. The first kappa shape index (κ1) is 19.6. The average Bonchev–Trinajstić information content (AvgIpc) is 2.41. The molecule has 1 saturated heterocycles. The number of esters is 1. The summed E-state index contributed by atoms with van der Waals surface area (Å²) in [5.74, 6) is -16.6. The number of methoxy groups -OCH3 is 1. The molecule has 0 spiro atoms. The van der Waals surface area contributed by atoms with Crippen LogP contribution in [0.2, 0.25) is 0 Å². The van der Waals surface area contributed by atoms with Crippen LogP contribution in [-0.4, -0.2) is 56.4 Å². The van der Waals surface area contributed by atoms with Gasteiger partial charge >= 0.3 is 29.8 Å². The molecule has 1 rings (SSSR count). The fraction of sp³-hybridized carbons (Fsp3) is 0.727. The SMILES string of the molecule is C=CC(=O)OC1C(F)(F)COC(OCOC)(C(F)(F)F)C1(F)F. The number of rotatable bonds is 5. The van der Waals surface area contributed by atoms with Crippen LogP contribution in [0.25, 0.3) is 0 Å². The molecule has 5 nitrogen and oxygen atoms in total. The summed E-state index contributed by atoms with van der Waals surface area (Å²) in [6.45, 7) is -0.681. The van der Waals surface area contributed by atoms with Crippen LogP contribution >= 0.6 is 0 Å². The molecule has 0 aromatic rings. The molecular formula is C11H11F7O5. The van der Waals surface area contributed by atoms with Gasteiger partial charge < -0.3 is 18.9 Å². The van der Waals surface area contributed by atoms with E-state index in [9.17, 15) is 35.5 Å². The predicted octanol–water partition coefficient (Wildman–Crippen LogP) is 2.26. The first-order chi connectivity index (χ1) is 10.4. The molecule has 134 valence electrons. The summed E-state index contributed by atoms with van der Waals surface area (Å²) >= 11 is 0. The van der Waals surface area contributed by atoms with Gasteiger partial charge in [-0.15, -0.1) is 0 Å². The highest BCUT2D eigenvalue weighted by atomic mass is 19.4. The topological polar surface area (TPSA) is 54.0 Å². The van der Waals surface area contributed by atoms with Gasteiger partial charge in [0, 0.05) is 13.2 Å². The van der Waals surface area contributed by atoms with E-state index in [0.29, 0.717) is 0 Å². The zero-order valence-corrected chi connectivity index (χ0v) is 11.5. The number of hydrogen-bond acceptors (Lipinski definition) is 5. The van der Waals surface area contributed by atoms with Gasteiger partial charge in [0.1, 0.15) is 13.4 Å². The highest BCUT2D eigenvalue weighted by molar-refractivity contribution is 5.81. The second kappa shape index (κ2) is 6.24. The first-order valence-corrected chi connectivity index (χ1v) is 5.78. The van der Waals surface area contributed by atoms with Crippen molar-refractivity contribution in [3.8, 4) is 0 Å². The molecule has 1 aliphatic rings. The molecule has 2 atom stereocenters. The maximum absolute atomic E-state index is 14.2. The lowest BCUT2D eigenvalue weighted by Gasteiger charge is -2.48. The van der Waals surface area contributed by atoms with Gasteiger partial charge in [-0.2, -0.15) is 30.7 Å². The largest absolute Gasteiger partial charge is 0.450 e. The molecule has 1 aliphatic heterocycles. The van der Waals surface area contributed by atoms with Crippen LogP contribution in [-0.2, 0) is 23.7 Å². The fourth-order valence-electron chi connectivity index (χ4n) is 1.76. The minimum absolute atomic E-state index is 0.243. The monoisotopic (exact) mass is 356 g/mol. The molecule has 0 radical (unpaired) electrons. The van der Waals surface area contributed by atoms with Crippen molar-refractivity contribution in [3.63, 3.8) is 0 Å². The Kier molecular flexibility index (Phi) is 5.33. The normalized spacial score (nSPS) is 29.8. The molecule has 0 bridgehead atoms. The molecule has 0 amide bonds. The number of halogens is 7. The van der Waals surface area contributed by atoms with Crippen LogP contribution in [0.15, 0.2) is 12.7 Å². The summed E-state index contributed by atoms with van der Waals surface area (Å²) in [5.41, 5.74) is 0. The second-order valence-electron chi connectivity index (χ2n) is 4.36. The molecule has 0 aromatic heterocycles. The summed E-state index contributed by atoms with van der Waals surface area (Å²) in [4.78, 5) is 10.9. The van der Waals surface area contributed by atoms with Crippen LogP contribution in [0, 0.1) is 0 Å². The Morgan fingerprint density at radius 3 is 2.35 bits per heavy atom. The number of alkyl halides is 7. The van der Waals surface area contributed by atoms with Crippen LogP contribution in [0.3, 0.4) is 0 Å². The lowest BCUT2D eigenvalue weighted by molar-refractivity contribution is -0.496. The van der Waals surface area contributed by atoms with Crippen molar-refractivity contribution in [1.82, 2.24) is 0 Å². The number of hydrogen-bond donors (Lipinski definition) is 0. The standard InChI is InChI=1S/C11H11F7O5/c1-3-6(19)23-7-8(12,13)4-21-10(9(7,14)15,11(16,17)18)22-5-20-2/h3,7H,1,4-5H2,2H3. The first-order valence-electron chi connectivity index (χ1n) is 5.78. The fourth-order valence-corrected chi connectivity index (χ4v) is 1.76. The van der Waals surface area contributed by atoms with E-state index < -0.39 is 49.3 Å². The smallest absolute Gasteiger partial charge is 0.446 e. The Bertz CT molecular complexity index is 464. The molecule has 0 N–H and O–H groups in total. The zero-order chi connectivity index (χ0) is 18.1. The van der Waals surface area contributed by atoms with Crippen LogP contribution in [0.5, 0.6) is 0 Å². The van der Waals surface area contributed by atoms with Crippen LogP contribution < -0.4 is 0 Å². The third-order valence-electron chi connectivity index (χ3n) is 2.77. The maximum Gasteiger partial charge on any atom is 0.450 e. The van der Waals surface area contributed by atoms with E-state index in [1.54, 1.807) is 0 Å². The molecule has 0 aromatic carbocycles. The highest BCUT2D eigenvalue weighted by Crippen LogP contribution is 2.54. The van der Waals surface area contributed by atoms with E-state index in [1.807, 2.05) is 0 Å². The van der Waals surface area contributed by atoms with E-state index in [4.69, 9.17) is 0 Å². The van der Waals surface area contributed by atoms with E-state index in [2.05, 4.69) is 25.5 Å². The summed E-state index contributed by atoms with van der Waals surface area (Å²) in [6, 6.07) is 0. The third-order valence-corrected chi connectivity index (χ3v) is 2.77. The quantitative estimate of drug-likeness (QED) is 0.327. The Labute approximate surface area is 124 Å². The molecule has 1 fully saturated rings. The highest BCUT2D eigenvalue weighted by Gasteiger charge is 2.83. The summed E-state index contributed by atoms with van der Waals surface area (Å²) in [5, 5.41) is 0. The summed E-state index contributed by atoms with van der Waals surface area (Å²) in [7, 11) is 0.814. The number of ether oxygens (including phenoxy) is 4. The van der Waals surface area contributed by atoms with Gasteiger partial charge in [-0.1, -0.05) is 6.58 Å². The van der Waals surface area contributed by atoms with Crippen molar-refractivity contribution in [2.45, 2.75) is 29.9 Å². The second-order valence-corrected chi connectivity index (χ2v) is 4.36. The Balaban J connectivity index is 3.38. The van der Waals surface area contributed by atoms with Crippen molar-refractivity contribution < 1.29 is 54.5 Å². The maximum atomic E-state index is 14.2. The van der Waals surface area contributed by atoms with Crippen molar-refractivity contribution in [2.24, 2.45) is 0 Å². The molecule has 0 aliphatic carbocycles. The van der Waals surface area contributed by atoms with E-state index in [1.165, 1.54) is 0 Å². The minimum atomic E-state index is -5.94. The zero-order valence-electron chi connectivity index (χ0n) is 11.5. The lowest BCUT2D eigenvalue weighted by atomic mass is 9.93. The molecule has 23 heavy (non-hydrogen) atoms. The van der Waals surface area contributed by atoms with Crippen molar-refractivity contribution in [1.29, 1.82) is 0 Å². The van der Waals surface area contributed by atoms with Crippen LogP contribution in [0.4, 0.5) is 30.7 Å².